The van der Waals surface area contributed by atoms with E-state index in [0.717, 1.165) is 51.9 Å². The topological polar surface area (TPSA) is 59.0 Å². The molecule has 4 fully saturated rings. The number of ether oxygens (including phenoxy) is 2. The smallest absolute Gasteiger partial charge is 0.307 e. The first-order chi connectivity index (χ1) is 20.3. The summed E-state index contributed by atoms with van der Waals surface area (Å²) in [5.41, 5.74) is 1.10. The fourth-order valence-corrected chi connectivity index (χ4v) is 12.4. The number of allylic oxidation sites excluding steroid dienone is 1. The lowest BCUT2D eigenvalue weighted by Crippen LogP contribution is -2.69. The molecule has 1 heterocycles. The zero-order valence-electron chi connectivity index (χ0n) is 30.7. The van der Waals surface area contributed by atoms with Gasteiger partial charge >= 0.3 is 5.97 Å². The number of fused-ring (bicyclic) bond motifs is 3. The molecular formula is C39H67NO4. The van der Waals surface area contributed by atoms with Crippen molar-refractivity contribution in [2.45, 2.75) is 126 Å². The minimum atomic E-state index is -0.580. The summed E-state index contributed by atoms with van der Waals surface area (Å²) in [7, 11) is 4.36. The lowest BCUT2D eigenvalue weighted by Gasteiger charge is -2.71. The summed E-state index contributed by atoms with van der Waals surface area (Å²) in [4.78, 5) is 15.7. The van der Waals surface area contributed by atoms with Gasteiger partial charge < -0.3 is 19.5 Å². The van der Waals surface area contributed by atoms with Gasteiger partial charge in [-0.1, -0.05) is 80.9 Å². The number of hydrogen-bond donors (Lipinski definition) is 1. The van der Waals surface area contributed by atoms with Crippen molar-refractivity contribution in [1.82, 2.24) is 4.90 Å². The van der Waals surface area contributed by atoms with Gasteiger partial charge in [0.15, 0.2) is 0 Å². The maximum absolute atomic E-state index is 13.3. The third kappa shape index (κ3) is 4.50. The highest BCUT2D eigenvalue weighted by Crippen LogP contribution is 2.75. The molecule has 0 aromatic carbocycles. The van der Waals surface area contributed by atoms with Crippen molar-refractivity contribution >= 4 is 5.97 Å². The third-order valence-corrected chi connectivity index (χ3v) is 16.2. The highest BCUT2D eigenvalue weighted by atomic mass is 16.5. The molecule has 44 heavy (non-hydrogen) atoms. The average molecular weight is 614 g/mol. The number of aliphatic carboxylic acids is 1. The minimum Gasteiger partial charge on any atom is -0.481 e. The van der Waals surface area contributed by atoms with Crippen LogP contribution in [0.5, 0.6) is 0 Å². The summed E-state index contributed by atoms with van der Waals surface area (Å²) in [6.07, 6.45) is 9.17. The Morgan fingerprint density at radius 3 is 2.30 bits per heavy atom. The Balaban J connectivity index is 1.52. The van der Waals surface area contributed by atoms with Gasteiger partial charge in [0.1, 0.15) is 0 Å². The van der Waals surface area contributed by atoms with Crippen LogP contribution in [0.15, 0.2) is 11.6 Å². The Morgan fingerprint density at radius 2 is 1.73 bits per heavy atom. The number of carboxylic acids is 1. The summed E-state index contributed by atoms with van der Waals surface area (Å²) in [6.45, 7) is 28.2. The van der Waals surface area contributed by atoms with Crippen molar-refractivity contribution in [3.63, 3.8) is 0 Å². The molecule has 4 aliphatic carbocycles. The van der Waals surface area contributed by atoms with E-state index in [9.17, 15) is 9.90 Å². The second kappa shape index (κ2) is 11.1. The van der Waals surface area contributed by atoms with E-state index in [2.05, 4.69) is 101 Å². The fourth-order valence-electron chi connectivity index (χ4n) is 12.4. The SMILES string of the molecule is CC(C)[C@@H](C)[C@@]1(C)CC[C@]2(C)[C@H]3CC[C@@H]4[C@@]5(COC[C@@]4(C)[C@@H](OC[C@](C)(C(C)C)N(C)C)[C@H](C)C5)C3=CC[C@@]2(C)[C@@H]1C(=O)O. The average Bonchev–Trinajstić information content (AvgIpc) is 2.92. The van der Waals surface area contributed by atoms with Crippen LogP contribution in [-0.4, -0.2) is 61.5 Å². The zero-order valence-corrected chi connectivity index (χ0v) is 30.7. The van der Waals surface area contributed by atoms with Crippen molar-refractivity contribution in [2.75, 3.05) is 33.9 Å². The van der Waals surface area contributed by atoms with Crippen LogP contribution < -0.4 is 0 Å². The molecule has 1 saturated heterocycles. The van der Waals surface area contributed by atoms with Crippen LogP contribution >= 0.6 is 0 Å². The van der Waals surface area contributed by atoms with Crippen molar-refractivity contribution in [3.05, 3.63) is 11.6 Å². The number of rotatable bonds is 8. The molecule has 0 radical (unpaired) electrons. The third-order valence-electron chi connectivity index (χ3n) is 16.2. The van der Waals surface area contributed by atoms with Gasteiger partial charge in [0.05, 0.1) is 31.8 Å². The first-order valence-corrected chi connectivity index (χ1v) is 18.1. The normalized spacial score (nSPS) is 47.4. The zero-order chi connectivity index (χ0) is 32.8. The maximum atomic E-state index is 13.3. The van der Waals surface area contributed by atoms with Crippen molar-refractivity contribution in [2.24, 2.45) is 68.5 Å². The molecular weight excluding hydrogens is 546 g/mol. The molecule has 5 nitrogen and oxygen atoms in total. The molecule has 5 rings (SSSR count). The van der Waals surface area contributed by atoms with E-state index in [-0.39, 0.29) is 44.6 Å². The van der Waals surface area contributed by atoms with E-state index in [0.29, 0.717) is 35.5 Å². The van der Waals surface area contributed by atoms with Gasteiger partial charge in [-0.25, -0.2) is 0 Å². The molecule has 0 amide bonds. The molecule has 0 spiro atoms. The second-order valence-corrected chi connectivity index (χ2v) is 18.7. The van der Waals surface area contributed by atoms with Gasteiger partial charge in [0, 0.05) is 16.4 Å². The molecule has 1 N–H and O–H groups in total. The summed E-state index contributed by atoms with van der Waals surface area (Å²) in [6, 6.07) is 0. The highest BCUT2D eigenvalue weighted by Gasteiger charge is 2.71. The van der Waals surface area contributed by atoms with E-state index in [1.54, 1.807) is 5.57 Å². The van der Waals surface area contributed by atoms with Gasteiger partial charge in [-0.2, -0.15) is 0 Å². The van der Waals surface area contributed by atoms with E-state index in [4.69, 9.17) is 9.47 Å². The predicted molar refractivity (Wildman–Crippen MR) is 179 cm³/mol. The van der Waals surface area contributed by atoms with Gasteiger partial charge in [0.2, 0.25) is 0 Å². The lowest BCUT2D eigenvalue weighted by atomic mass is 9.34. The van der Waals surface area contributed by atoms with Gasteiger partial charge in [-0.15, -0.1) is 0 Å². The number of nitrogens with zero attached hydrogens (tertiary/aromatic N) is 1. The standard InChI is InChI=1S/C39H67NO4/c1-24(2)27(6)34(7)18-19-36(9)28-14-15-30-35(8)21-43-23-39(30,29(28)16-17-37(36,10)31(34)33(41)42)20-26(5)32(35)44-22-38(11,25(3)4)40(12)13/h16,24-28,30-32H,14-15,17-23H2,1-13H3,(H,41,42)/t26-,27-,28+,30+,31-,32+,34-,35-,36-,37+,38-,39+/m1/s1. The summed E-state index contributed by atoms with van der Waals surface area (Å²) < 4.78 is 13.7. The molecule has 5 heteroatoms. The lowest BCUT2D eigenvalue weighted by molar-refractivity contribution is -0.255. The molecule has 0 aromatic rings. The molecule has 3 saturated carbocycles. The Bertz CT molecular complexity index is 1140. The van der Waals surface area contributed by atoms with Crippen LogP contribution in [0.2, 0.25) is 0 Å². The second-order valence-electron chi connectivity index (χ2n) is 18.7. The van der Waals surface area contributed by atoms with Gasteiger partial charge in [-0.3, -0.25) is 4.79 Å². The van der Waals surface area contributed by atoms with E-state index < -0.39 is 5.97 Å². The Labute approximate surface area is 270 Å². The molecule has 0 unspecified atom stereocenters. The first-order valence-electron chi connectivity index (χ1n) is 18.1. The van der Waals surface area contributed by atoms with Gasteiger partial charge in [0.25, 0.3) is 0 Å². The number of likely N-dealkylation sites (N-methyl/N-ethyl adjacent to an activating group) is 1. The molecule has 1 aliphatic heterocycles. The maximum Gasteiger partial charge on any atom is 0.307 e. The van der Waals surface area contributed by atoms with Crippen LogP contribution in [0, 0.1) is 68.5 Å². The minimum absolute atomic E-state index is 0.0218. The van der Waals surface area contributed by atoms with E-state index >= 15 is 0 Å². The number of carboxylic acid groups (broad SMARTS) is 1. The molecule has 252 valence electrons. The summed E-state index contributed by atoms with van der Waals surface area (Å²) in [5.74, 6) is 1.78. The van der Waals surface area contributed by atoms with Crippen LogP contribution in [0.4, 0.5) is 0 Å². The molecule has 0 aromatic heterocycles. The van der Waals surface area contributed by atoms with E-state index in [1.807, 2.05) is 0 Å². The number of hydrogen-bond acceptors (Lipinski definition) is 4. The largest absolute Gasteiger partial charge is 0.481 e. The molecule has 2 bridgehead atoms. The van der Waals surface area contributed by atoms with Crippen molar-refractivity contribution < 1.29 is 19.4 Å². The summed E-state index contributed by atoms with van der Waals surface area (Å²) >= 11 is 0. The van der Waals surface area contributed by atoms with E-state index in [1.165, 1.54) is 6.42 Å². The molecule has 5 aliphatic rings. The Hall–Kier alpha value is -0.910. The Kier molecular flexibility index (Phi) is 8.67. The number of carbonyl (C=O) groups is 1. The molecule has 12 atom stereocenters. The van der Waals surface area contributed by atoms with Crippen LogP contribution in [0.25, 0.3) is 0 Å². The highest BCUT2D eigenvalue weighted by molar-refractivity contribution is 5.73. The van der Waals surface area contributed by atoms with Crippen LogP contribution in [0.3, 0.4) is 0 Å². The van der Waals surface area contributed by atoms with Crippen LogP contribution in [0.1, 0.15) is 115 Å². The fraction of sp³-hybridized carbons (Fsp3) is 0.923. The monoisotopic (exact) mass is 614 g/mol. The summed E-state index contributed by atoms with van der Waals surface area (Å²) in [5, 5.41) is 11.0. The quantitative estimate of drug-likeness (QED) is 0.278. The van der Waals surface area contributed by atoms with Gasteiger partial charge in [-0.05, 0) is 111 Å². The van der Waals surface area contributed by atoms with Crippen molar-refractivity contribution in [3.8, 4) is 0 Å². The Morgan fingerprint density at radius 1 is 1.07 bits per heavy atom. The van der Waals surface area contributed by atoms with Crippen LogP contribution in [-0.2, 0) is 14.3 Å². The first kappa shape index (κ1) is 34.4. The van der Waals surface area contributed by atoms with Crippen molar-refractivity contribution in [1.29, 1.82) is 0 Å². The predicted octanol–water partition coefficient (Wildman–Crippen LogP) is 8.57.